The predicted molar refractivity (Wildman–Crippen MR) is 79.6 cm³/mol. The normalized spacial score (nSPS) is 12.1. The van der Waals surface area contributed by atoms with Crippen LogP contribution in [0.4, 0.5) is 0 Å². The molecule has 0 saturated carbocycles. The Hall–Kier alpha value is -2.86. The van der Waals surface area contributed by atoms with Crippen molar-refractivity contribution in [3.63, 3.8) is 0 Å². The van der Waals surface area contributed by atoms with Gasteiger partial charge in [-0.2, -0.15) is 4.68 Å². The maximum absolute atomic E-state index is 12.3. The molecule has 0 spiro atoms. The molecule has 1 heterocycles. The van der Waals surface area contributed by atoms with Gasteiger partial charge in [0.1, 0.15) is 6.10 Å². The van der Waals surface area contributed by atoms with E-state index < -0.39 is 6.10 Å². The molecule has 1 unspecified atom stereocenters. The van der Waals surface area contributed by atoms with Crippen molar-refractivity contribution in [2.24, 2.45) is 0 Å². The number of carbonyl (C=O) groups excluding carboxylic acids is 1. The highest BCUT2D eigenvalue weighted by Gasteiger charge is 2.19. The van der Waals surface area contributed by atoms with Crippen molar-refractivity contribution < 1.29 is 9.90 Å². The zero-order valence-corrected chi connectivity index (χ0v) is 11.9. The quantitative estimate of drug-likeness (QED) is 0.743. The molecule has 0 aliphatic carbocycles. The van der Waals surface area contributed by atoms with Gasteiger partial charge in [-0.25, -0.2) is 0 Å². The standard InChI is InChI=1S/C16H14N4O2/c1-11-17-18-19-20(11)14-9-7-13(8-10-14)16(22)15(21)12-5-3-2-4-6-12/h2-10,15,21H,1H3. The summed E-state index contributed by atoms with van der Waals surface area (Å²) in [6.45, 7) is 1.79. The molecule has 0 amide bonds. The highest BCUT2D eigenvalue weighted by molar-refractivity contribution is 6.00. The molecule has 6 heteroatoms. The number of carbonyl (C=O) groups is 1. The lowest BCUT2D eigenvalue weighted by Gasteiger charge is -2.10. The van der Waals surface area contributed by atoms with Gasteiger partial charge in [-0.05, 0) is 47.2 Å². The third-order valence-corrected chi connectivity index (χ3v) is 3.39. The van der Waals surface area contributed by atoms with Crippen LogP contribution in [0.15, 0.2) is 54.6 Å². The molecule has 0 bridgehead atoms. The molecule has 110 valence electrons. The molecule has 0 fully saturated rings. The number of hydrogen-bond acceptors (Lipinski definition) is 5. The van der Waals surface area contributed by atoms with Crippen LogP contribution in [-0.2, 0) is 0 Å². The van der Waals surface area contributed by atoms with Crippen LogP contribution < -0.4 is 0 Å². The number of benzene rings is 2. The Labute approximate surface area is 127 Å². The minimum atomic E-state index is -1.16. The molecule has 0 aliphatic rings. The summed E-state index contributed by atoms with van der Waals surface area (Å²) in [5.74, 6) is 0.314. The first-order valence-corrected chi connectivity index (χ1v) is 6.79. The maximum atomic E-state index is 12.3. The van der Waals surface area contributed by atoms with Crippen molar-refractivity contribution in [3.05, 3.63) is 71.5 Å². The second-order valence-corrected chi connectivity index (χ2v) is 4.86. The summed E-state index contributed by atoms with van der Waals surface area (Å²) in [4.78, 5) is 12.3. The van der Waals surface area contributed by atoms with Gasteiger partial charge in [-0.3, -0.25) is 4.79 Å². The Morgan fingerprint density at radius 3 is 2.36 bits per heavy atom. The van der Waals surface area contributed by atoms with Crippen molar-refractivity contribution in [2.45, 2.75) is 13.0 Å². The van der Waals surface area contributed by atoms with Crippen molar-refractivity contribution in [3.8, 4) is 5.69 Å². The summed E-state index contributed by atoms with van der Waals surface area (Å²) in [7, 11) is 0. The van der Waals surface area contributed by atoms with Gasteiger partial charge >= 0.3 is 0 Å². The SMILES string of the molecule is Cc1nnnn1-c1ccc(C(=O)C(O)c2ccccc2)cc1. The van der Waals surface area contributed by atoms with E-state index in [0.29, 0.717) is 17.0 Å². The average Bonchev–Trinajstić information content (AvgIpc) is 3.00. The lowest BCUT2D eigenvalue weighted by molar-refractivity contribution is 0.0747. The van der Waals surface area contributed by atoms with Crippen LogP contribution in [0.1, 0.15) is 27.8 Å². The number of aromatic nitrogens is 4. The molecule has 0 aliphatic heterocycles. The van der Waals surface area contributed by atoms with Gasteiger partial charge in [0.25, 0.3) is 0 Å². The van der Waals surface area contributed by atoms with Gasteiger partial charge in [-0.1, -0.05) is 30.3 Å². The predicted octanol–water partition coefficient (Wildman–Crippen LogP) is 1.89. The van der Waals surface area contributed by atoms with Gasteiger partial charge < -0.3 is 5.11 Å². The third-order valence-electron chi connectivity index (χ3n) is 3.39. The van der Waals surface area contributed by atoms with Gasteiger partial charge in [0, 0.05) is 5.56 Å². The lowest BCUT2D eigenvalue weighted by Crippen LogP contribution is -2.12. The van der Waals surface area contributed by atoms with Gasteiger partial charge in [-0.15, -0.1) is 5.10 Å². The van der Waals surface area contributed by atoms with Crippen molar-refractivity contribution in [1.82, 2.24) is 20.2 Å². The number of hydrogen-bond donors (Lipinski definition) is 1. The molecule has 2 aromatic carbocycles. The number of rotatable bonds is 4. The Morgan fingerprint density at radius 2 is 1.77 bits per heavy atom. The van der Waals surface area contributed by atoms with Gasteiger partial charge in [0.05, 0.1) is 5.69 Å². The molecule has 1 aromatic heterocycles. The second-order valence-electron chi connectivity index (χ2n) is 4.86. The van der Waals surface area contributed by atoms with E-state index in [9.17, 15) is 9.90 Å². The fourth-order valence-corrected chi connectivity index (χ4v) is 2.18. The first kappa shape index (κ1) is 14.1. The Bertz CT molecular complexity index is 781. The van der Waals surface area contributed by atoms with Crippen LogP contribution in [0.25, 0.3) is 5.69 Å². The first-order valence-electron chi connectivity index (χ1n) is 6.79. The third kappa shape index (κ3) is 2.64. The summed E-state index contributed by atoms with van der Waals surface area (Å²) >= 11 is 0. The van der Waals surface area contributed by atoms with E-state index in [0.717, 1.165) is 5.69 Å². The van der Waals surface area contributed by atoms with E-state index in [1.165, 1.54) is 0 Å². The number of ketones is 1. The topological polar surface area (TPSA) is 80.9 Å². The number of tetrazole rings is 1. The van der Waals surface area contributed by atoms with E-state index in [2.05, 4.69) is 15.5 Å². The minimum absolute atomic E-state index is 0.341. The van der Waals surface area contributed by atoms with Crippen molar-refractivity contribution >= 4 is 5.78 Å². The molecule has 1 N–H and O–H groups in total. The number of aryl methyl sites for hydroxylation is 1. The molecule has 3 rings (SSSR count). The highest BCUT2D eigenvalue weighted by atomic mass is 16.3. The lowest BCUT2D eigenvalue weighted by atomic mass is 10.00. The zero-order valence-electron chi connectivity index (χ0n) is 11.9. The van der Waals surface area contributed by atoms with E-state index in [-0.39, 0.29) is 5.78 Å². The molecule has 22 heavy (non-hydrogen) atoms. The fraction of sp³-hybridized carbons (Fsp3) is 0.125. The Kier molecular flexibility index (Phi) is 3.76. The maximum Gasteiger partial charge on any atom is 0.195 e. The highest BCUT2D eigenvalue weighted by Crippen LogP contribution is 2.19. The molecule has 3 aromatic rings. The minimum Gasteiger partial charge on any atom is -0.380 e. The van der Waals surface area contributed by atoms with E-state index >= 15 is 0 Å². The largest absolute Gasteiger partial charge is 0.380 e. The number of Topliss-reactive ketones (excluding diaryl/α,β-unsaturated/α-hetero) is 1. The average molecular weight is 294 g/mol. The number of aliphatic hydroxyl groups is 1. The Balaban J connectivity index is 1.84. The monoisotopic (exact) mass is 294 g/mol. The zero-order chi connectivity index (χ0) is 15.5. The summed E-state index contributed by atoms with van der Waals surface area (Å²) < 4.78 is 1.57. The number of nitrogens with zero attached hydrogens (tertiary/aromatic N) is 4. The summed E-state index contributed by atoms with van der Waals surface area (Å²) in [5, 5.41) is 21.4. The molecule has 6 nitrogen and oxygen atoms in total. The summed E-state index contributed by atoms with van der Waals surface area (Å²) in [6.07, 6.45) is -1.16. The Morgan fingerprint density at radius 1 is 1.09 bits per heavy atom. The van der Waals surface area contributed by atoms with Crippen LogP contribution in [0.3, 0.4) is 0 Å². The van der Waals surface area contributed by atoms with Crippen LogP contribution in [0, 0.1) is 6.92 Å². The van der Waals surface area contributed by atoms with Gasteiger partial charge in [0.2, 0.25) is 0 Å². The molecule has 0 radical (unpaired) electrons. The molecular formula is C16H14N4O2. The van der Waals surface area contributed by atoms with Crippen LogP contribution in [-0.4, -0.2) is 31.1 Å². The van der Waals surface area contributed by atoms with Crippen LogP contribution in [0.2, 0.25) is 0 Å². The smallest absolute Gasteiger partial charge is 0.195 e. The van der Waals surface area contributed by atoms with E-state index in [1.54, 1.807) is 60.1 Å². The van der Waals surface area contributed by atoms with Crippen molar-refractivity contribution in [1.29, 1.82) is 0 Å². The molecular weight excluding hydrogens is 280 g/mol. The fourth-order valence-electron chi connectivity index (χ4n) is 2.18. The molecule has 1 atom stereocenters. The van der Waals surface area contributed by atoms with Crippen LogP contribution >= 0.6 is 0 Å². The molecule has 0 saturated heterocycles. The van der Waals surface area contributed by atoms with Gasteiger partial charge in [0.15, 0.2) is 11.6 Å². The van der Waals surface area contributed by atoms with Crippen molar-refractivity contribution in [2.75, 3.05) is 0 Å². The first-order chi connectivity index (χ1) is 10.7. The second kappa shape index (κ2) is 5.87. The summed E-state index contributed by atoms with van der Waals surface area (Å²) in [5.41, 5.74) is 1.77. The van der Waals surface area contributed by atoms with Crippen LogP contribution in [0.5, 0.6) is 0 Å². The number of aliphatic hydroxyl groups excluding tert-OH is 1. The van der Waals surface area contributed by atoms with E-state index in [1.807, 2.05) is 6.07 Å². The summed E-state index contributed by atoms with van der Waals surface area (Å²) in [6, 6.07) is 15.7. The van der Waals surface area contributed by atoms with E-state index in [4.69, 9.17) is 0 Å².